The van der Waals surface area contributed by atoms with E-state index in [1.54, 1.807) is 6.20 Å². The van der Waals surface area contributed by atoms with Gasteiger partial charge < -0.3 is 4.90 Å². The lowest BCUT2D eigenvalue weighted by Crippen LogP contribution is -2.43. The molecule has 1 aromatic heterocycles. The molecular weight excluding hydrogens is 224 g/mol. The summed E-state index contributed by atoms with van der Waals surface area (Å²) < 4.78 is 0. The number of hydrogen-bond donors (Lipinski definition) is 0. The van der Waals surface area contributed by atoms with Crippen molar-refractivity contribution in [2.75, 3.05) is 26.7 Å². The van der Waals surface area contributed by atoms with E-state index in [1.807, 2.05) is 12.4 Å². The van der Waals surface area contributed by atoms with Crippen LogP contribution in [0.5, 0.6) is 0 Å². The fraction of sp³-hybridized carbons (Fsp3) is 0.714. The van der Waals surface area contributed by atoms with Crippen molar-refractivity contribution in [3.63, 3.8) is 0 Å². The second kappa shape index (κ2) is 5.33. The second-order valence-electron chi connectivity index (χ2n) is 5.56. The van der Waals surface area contributed by atoms with E-state index in [0.717, 1.165) is 11.7 Å². The number of piperidine rings is 1. The van der Waals surface area contributed by atoms with Gasteiger partial charge in [-0.05, 0) is 52.4 Å². The van der Waals surface area contributed by atoms with Crippen LogP contribution in [-0.4, -0.2) is 52.5 Å². The van der Waals surface area contributed by atoms with Crippen molar-refractivity contribution in [3.8, 4) is 0 Å². The van der Waals surface area contributed by atoms with E-state index in [1.165, 1.54) is 45.3 Å². The van der Waals surface area contributed by atoms with Crippen LogP contribution in [0, 0.1) is 0 Å². The average Bonchev–Trinajstić information content (AvgIpc) is 2.90. The van der Waals surface area contributed by atoms with E-state index in [-0.39, 0.29) is 0 Å². The fourth-order valence-electron chi connectivity index (χ4n) is 3.35. The SMILES string of the molecule is CN1CCC(N2CCC[C@@H]2c2cnccn2)CC1. The number of rotatable bonds is 2. The molecule has 0 amide bonds. The van der Waals surface area contributed by atoms with Crippen LogP contribution in [0.25, 0.3) is 0 Å². The van der Waals surface area contributed by atoms with Crippen LogP contribution in [0.2, 0.25) is 0 Å². The molecule has 4 nitrogen and oxygen atoms in total. The smallest absolute Gasteiger partial charge is 0.0758 e. The van der Waals surface area contributed by atoms with Gasteiger partial charge in [-0.25, -0.2) is 0 Å². The summed E-state index contributed by atoms with van der Waals surface area (Å²) in [6.45, 7) is 3.69. The van der Waals surface area contributed by atoms with Gasteiger partial charge in [-0.2, -0.15) is 0 Å². The minimum absolute atomic E-state index is 0.507. The zero-order valence-electron chi connectivity index (χ0n) is 11.1. The van der Waals surface area contributed by atoms with Crippen LogP contribution in [0.1, 0.15) is 37.4 Å². The molecule has 0 saturated carbocycles. The third-order valence-corrected chi connectivity index (χ3v) is 4.38. The first-order valence-electron chi connectivity index (χ1n) is 7.05. The number of hydrogen-bond acceptors (Lipinski definition) is 4. The summed E-state index contributed by atoms with van der Waals surface area (Å²) in [5.41, 5.74) is 1.16. The molecular formula is C14H22N4. The Morgan fingerprint density at radius 3 is 2.67 bits per heavy atom. The fourth-order valence-corrected chi connectivity index (χ4v) is 3.35. The third kappa shape index (κ3) is 2.40. The summed E-state index contributed by atoms with van der Waals surface area (Å²) >= 11 is 0. The largest absolute Gasteiger partial charge is 0.306 e. The van der Waals surface area contributed by atoms with E-state index in [4.69, 9.17) is 0 Å². The lowest BCUT2D eigenvalue weighted by atomic mass is 10.0. The van der Waals surface area contributed by atoms with Gasteiger partial charge in [0.1, 0.15) is 0 Å². The predicted octanol–water partition coefficient (Wildman–Crippen LogP) is 1.71. The van der Waals surface area contributed by atoms with Gasteiger partial charge in [0.2, 0.25) is 0 Å². The predicted molar refractivity (Wildman–Crippen MR) is 71.2 cm³/mol. The molecule has 0 radical (unpaired) electrons. The van der Waals surface area contributed by atoms with Crippen LogP contribution < -0.4 is 0 Å². The Bertz CT molecular complexity index is 373. The molecule has 0 aromatic carbocycles. The molecule has 2 saturated heterocycles. The van der Waals surface area contributed by atoms with Crippen LogP contribution >= 0.6 is 0 Å². The lowest BCUT2D eigenvalue weighted by Gasteiger charge is -2.38. The molecule has 0 spiro atoms. The highest BCUT2D eigenvalue weighted by molar-refractivity contribution is 5.06. The van der Waals surface area contributed by atoms with E-state index >= 15 is 0 Å². The van der Waals surface area contributed by atoms with Crippen molar-refractivity contribution in [2.45, 2.75) is 37.8 Å². The maximum atomic E-state index is 4.51. The van der Waals surface area contributed by atoms with Gasteiger partial charge >= 0.3 is 0 Å². The molecule has 0 bridgehead atoms. The molecule has 0 N–H and O–H groups in total. The quantitative estimate of drug-likeness (QED) is 0.795. The maximum absolute atomic E-state index is 4.51. The molecule has 4 heteroatoms. The van der Waals surface area contributed by atoms with Gasteiger partial charge in [0.05, 0.1) is 11.7 Å². The van der Waals surface area contributed by atoms with Gasteiger partial charge in [0.25, 0.3) is 0 Å². The van der Waals surface area contributed by atoms with E-state index in [0.29, 0.717) is 6.04 Å². The molecule has 1 atom stereocenters. The summed E-state index contributed by atoms with van der Waals surface area (Å²) in [6.07, 6.45) is 10.7. The number of nitrogens with zero attached hydrogens (tertiary/aromatic N) is 4. The van der Waals surface area contributed by atoms with Crippen molar-refractivity contribution in [2.24, 2.45) is 0 Å². The first kappa shape index (κ1) is 12.1. The van der Waals surface area contributed by atoms with Crippen LogP contribution in [0.4, 0.5) is 0 Å². The first-order chi connectivity index (χ1) is 8.84. The molecule has 2 fully saturated rings. The van der Waals surface area contributed by atoms with Crippen LogP contribution in [0.15, 0.2) is 18.6 Å². The van der Waals surface area contributed by atoms with Crippen molar-refractivity contribution < 1.29 is 0 Å². The summed E-state index contributed by atoms with van der Waals surface area (Å²) in [6, 6.07) is 1.25. The van der Waals surface area contributed by atoms with E-state index in [2.05, 4.69) is 26.8 Å². The van der Waals surface area contributed by atoms with E-state index < -0.39 is 0 Å². The van der Waals surface area contributed by atoms with Gasteiger partial charge in [-0.15, -0.1) is 0 Å². The molecule has 3 rings (SSSR count). The maximum Gasteiger partial charge on any atom is 0.0758 e. The Labute approximate surface area is 109 Å². The average molecular weight is 246 g/mol. The normalized spacial score (nSPS) is 27.7. The van der Waals surface area contributed by atoms with Crippen molar-refractivity contribution in [3.05, 3.63) is 24.3 Å². The topological polar surface area (TPSA) is 32.3 Å². The highest BCUT2D eigenvalue weighted by Gasteiger charge is 2.33. The number of aromatic nitrogens is 2. The zero-order valence-corrected chi connectivity index (χ0v) is 11.1. The minimum Gasteiger partial charge on any atom is -0.306 e. The van der Waals surface area contributed by atoms with Gasteiger partial charge in [0, 0.05) is 24.6 Å². The Kier molecular flexibility index (Phi) is 3.57. The van der Waals surface area contributed by atoms with Crippen molar-refractivity contribution >= 4 is 0 Å². The van der Waals surface area contributed by atoms with Crippen LogP contribution in [0.3, 0.4) is 0 Å². The molecule has 18 heavy (non-hydrogen) atoms. The van der Waals surface area contributed by atoms with E-state index in [9.17, 15) is 0 Å². The molecule has 3 heterocycles. The molecule has 2 aliphatic heterocycles. The lowest BCUT2D eigenvalue weighted by molar-refractivity contribution is 0.108. The summed E-state index contributed by atoms with van der Waals surface area (Å²) in [5, 5.41) is 0. The standard InChI is InChI=1S/C14H22N4/c1-17-9-4-12(5-10-17)18-8-2-3-14(18)13-11-15-6-7-16-13/h6-7,11-12,14H,2-5,8-10H2,1H3/t14-/m1/s1. The Hall–Kier alpha value is -1.00. The Morgan fingerprint density at radius 1 is 1.11 bits per heavy atom. The summed E-state index contributed by atoms with van der Waals surface area (Å²) in [7, 11) is 2.22. The minimum atomic E-state index is 0.507. The molecule has 0 aliphatic carbocycles. The number of likely N-dealkylation sites (tertiary alicyclic amines) is 2. The van der Waals surface area contributed by atoms with Gasteiger partial charge in [0.15, 0.2) is 0 Å². The molecule has 98 valence electrons. The molecule has 2 aliphatic rings. The highest BCUT2D eigenvalue weighted by Crippen LogP contribution is 2.34. The zero-order chi connectivity index (χ0) is 12.4. The van der Waals surface area contributed by atoms with Gasteiger partial charge in [-0.3, -0.25) is 14.9 Å². The Morgan fingerprint density at radius 2 is 1.94 bits per heavy atom. The highest BCUT2D eigenvalue weighted by atomic mass is 15.2. The summed E-state index contributed by atoms with van der Waals surface area (Å²) in [4.78, 5) is 13.8. The monoisotopic (exact) mass is 246 g/mol. The third-order valence-electron chi connectivity index (χ3n) is 4.38. The molecule has 0 unspecified atom stereocenters. The second-order valence-corrected chi connectivity index (χ2v) is 5.56. The van der Waals surface area contributed by atoms with Crippen molar-refractivity contribution in [1.29, 1.82) is 0 Å². The van der Waals surface area contributed by atoms with Gasteiger partial charge in [-0.1, -0.05) is 0 Å². The molecule has 1 aromatic rings. The van der Waals surface area contributed by atoms with Crippen LogP contribution in [-0.2, 0) is 0 Å². The first-order valence-corrected chi connectivity index (χ1v) is 7.05. The van der Waals surface area contributed by atoms with Crippen molar-refractivity contribution in [1.82, 2.24) is 19.8 Å². The Balaban J connectivity index is 1.71. The summed E-state index contributed by atoms with van der Waals surface area (Å²) in [5.74, 6) is 0.